The molecule has 0 bridgehead atoms. The molecule has 2 rings (SSSR count). The summed E-state index contributed by atoms with van der Waals surface area (Å²) in [6.07, 6.45) is -7.98. The molecule has 6 nitrogen and oxygen atoms in total. The molecule has 1 heterocycles. The zero-order valence-corrected chi connectivity index (χ0v) is 13.6. The first-order valence-corrected chi connectivity index (χ1v) is 7.13. The van der Waals surface area contributed by atoms with Crippen LogP contribution in [-0.4, -0.2) is 23.7 Å². The third kappa shape index (κ3) is 7.05. The van der Waals surface area contributed by atoms with Gasteiger partial charge >= 0.3 is 12.7 Å². The first-order chi connectivity index (χ1) is 12.4. The standard InChI is InChI=1S/C14H8F6N2O4S/c15-13(16,17)25-9-3-8(4-10(5-9)26-14(18,19)20)21-12(27)22-11(23)7-1-2-24-6-7/h1-6H,(H2,21,22,23,27). The number of anilines is 1. The van der Waals surface area contributed by atoms with Crippen molar-refractivity contribution in [2.24, 2.45) is 0 Å². The fraction of sp³-hybridized carbons (Fsp3) is 0.143. The average Bonchev–Trinajstić information content (AvgIpc) is 2.96. The Balaban J connectivity index is 2.18. The van der Waals surface area contributed by atoms with Crippen molar-refractivity contribution < 1.29 is 45.0 Å². The average molecular weight is 414 g/mol. The third-order valence-electron chi connectivity index (χ3n) is 2.62. The molecule has 0 saturated heterocycles. The fourth-order valence-electron chi connectivity index (χ4n) is 1.76. The highest BCUT2D eigenvalue weighted by molar-refractivity contribution is 7.80. The number of carbonyl (C=O) groups is 1. The quantitative estimate of drug-likeness (QED) is 0.577. The highest BCUT2D eigenvalue weighted by atomic mass is 32.1. The van der Waals surface area contributed by atoms with E-state index < -0.39 is 35.2 Å². The summed E-state index contributed by atoms with van der Waals surface area (Å²) in [5, 5.41) is 4.02. The van der Waals surface area contributed by atoms with Crippen LogP contribution in [0.1, 0.15) is 10.4 Å². The Kier molecular flexibility index (Phi) is 5.83. The molecule has 13 heteroatoms. The predicted molar refractivity (Wildman–Crippen MR) is 82.2 cm³/mol. The number of thiocarbonyl (C=S) groups is 1. The number of nitrogens with one attached hydrogen (secondary N) is 2. The van der Waals surface area contributed by atoms with Crippen LogP contribution in [0.3, 0.4) is 0 Å². The number of amides is 1. The van der Waals surface area contributed by atoms with Gasteiger partial charge in [0.2, 0.25) is 0 Å². The second kappa shape index (κ2) is 7.73. The molecule has 2 N–H and O–H groups in total. The second-order valence-electron chi connectivity index (χ2n) is 4.71. The minimum atomic E-state index is -5.15. The molecular weight excluding hydrogens is 406 g/mol. The molecule has 27 heavy (non-hydrogen) atoms. The van der Waals surface area contributed by atoms with E-state index in [1.807, 2.05) is 0 Å². The Labute approximate surface area is 152 Å². The van der Waals surface area contributed by atoms with Crippen molar-refractivity contribution in [3.63, 3.8) is 0 Å². The van der Waals surface area contributed by atoms with Gasteiger partial charge < -0.3 is 19.2 Å². The van der Waals surface area contributed by atoms with E-state index in [0.717, 1.165) is 6.26 Å². The number of rotatable bonds is 4. The van der Waals surface area contributed by atoms with Crippen molar-refractivity contribution in [2.75, 3.05) is 5.32 Å². The van der Waals surface area contributed by atoms with Gasteiger partial charge in [-0.3, -0.25) is 10.1 Å². The lowest BCUT2D eigenvalue weighted by Crippen LogP contribution is -2.33. The predicted octanol–water partition coefficient (Wildman–Crippen LogP) is 4.20. The van der Waals surface area contributed by atoms with Gasteiger partial charge in [0.05, 0.1) is 11.8 Å². The van der Waals surface area contributed by atoms with Gasteiger partial charge in [-0.05, 0) is 18.3 Å². The number of ether oxygens (including phenoxy) is 2. The Morgan fingerprint density at radius 3 is 2.00 bits per heavy atom. The van der Waals surface area contributed by atoms with Crippen molar-refractivity contribution in [1.82, 2.24) is 5.32 Å². The maximum Gasteiger partial charge on any atom is 0.573 e. The van der Waals surface area contributed by atoms with Gasteiger partial charge in [-0.1, -0.05) is 0 Å². The number of alkyl halides is 6. The van der Waals surface area contributed by atoms with E-state index in [0.29, 0.717) is 18.2 Å². The summed E-state index contributed by atoms with van der Waals surface area (Å²) in [5.41, 5.74) is -0.261. The molecule has 0 atom stereocenters. The summed E-state index contributed by atoms with van der Waals surface area (Å²) in [5.74, 6) is -2.69. The lowest BCUT2D eigenvalue weighted by Gasteiger charge is -2.15. The van der Waals surface area contributed by atoms with Crippen molar-refractivity contribution in [3.05, 3.63) is 42.4 Å². The molecule has 2 aromatic rings. The summed E-state index contributed by atoms with van der Waals surface area (Å²) < 4.78 is 85.9. The molecule has 0 aliphatic heterocycles. The van der Waals surface area contributed by atoms with Crippen LogP contribution >= 0.6 is 12.2 Å². The van der Waals surface area contributed by atoms with E-state index in [2.05, 4.69) is 24.5 Å². The van der Waals surface area contributed by atoms with Gasteiger partial charge in [0.1, 0.15) is 17.8 Å². The fourth-order valence-corrected chi connectivity index (χ4v) is 1.97. The van der Waals surface area contributed by atoms with Crippen molar-refractivity contribution in [2.45, 2.75) is 12.7 Å². The summed E-state index contributed by atoms with van der Waals surface area (Å²) in [6.45, 7) is 0. The van der Waals surface area contributed by atoms with E-state index in [1.165, 1.54) is 12.3 Å². The van der Waals surface area contributed by atoms with Gasteiger partial charge in [0.15, 0.2) is 5.11 Å². The molecule has 0 fully saturated rings. The third-order valence-corrected chi connectivity index (χ3v) is 2.82. The monoisotopic (exact) mass is 414 g/mol. The Morgan fingerprint density at radius 2 is 1.56 bits per heavy atom. The van der Waals surface area contributed by atoms with E-state index >= 15 is 0 Å². The zero-order chi connectivity index (χ0) is 20.2. The molecular formula is C14H8F6N2O4S. The van der Waals surface area contributed by atoms with Crippen LogP contribution < -0.4 is 20.1 Å². The van der Waals surface area contributed by atoms with E-state index in [4.69, 9.17) is 12.2 Å². The van der Waals surface area contributed by atoms with E-state index in [1.54, 1.807) is 0 Å². The van der Waals surface area contributed by atoms with Crippen LogP contribution in [0, 0.1) is 0 Å². The Bertz CT molecular complexity index is 786. The number of hydrogen-bond acceptors (Lipinski definition) is 5. The summed E-state index contributed by atoms with van der Waals surface area (Å²) in [7, 11) is 0. The topological polar surface area (TPSA) is 72.7 Å². The second-order valence-corrected chi connectivity index (χ2v) is 5.12. The number of halogens is 6. The first kappa shape index (κ1) is 20.4. The lowest BCUT2D eigenvalue weighted by molar-refractivity contribution is -0.276. The molecule has 146 valence electrons. The van der Waals surface area contributed by atoms with Gasteiger partial charge in [-0.25, -0.2) is 0 Å². The number of benzene rings is 1. The van der Waals surface area contributed by atoms with Crippen LogP contribution in [0.15, 0.2) is 41.2 Å². The molecule has 1 amide bonds. The van der Waals surface area contributed by atoms with Crippen molar-refractivity contribution in [3.8, 4) is 11.5 Å². The lowest BCUT2D eigenvalue weighted by atomic mass is 10.2. The number of carbonyl (C=O) groups excluding carboxylic acids is 1. The Hall–Kier alpha value is -2.96. The molecule has 1 aromatic carbocycles. The smallest absolute Gasteiger partial charge is 0.472 e. The minimum Gasteiger partial charge on any atom is -0.472 e. The first-order valence-electron chi connectivity index (χ1n) is 6.72. The van der Waals surface area contributed by atoms with E-state index in [9.17, 15) is 31.1 Å². The Morgan fingerprint density at radius 1 is 1.00 bits per heavy atom. The molecule has 0 aliphatic carbocycles. The van der Waals surface area contributed by atoms with Gasteiger partial charge in [0, 0.05) is 23.9 Å². The zero-order valence-electron chi connectivity index (χ0n) is 12.8. The highest BCUT2D eigenvalue weighted by Gasteiger charge is 2.34. The molecule has 0 unspecified atom stereocenters. The number of hydrogen-bond donors (Lipinski definition) is 2. The summed E-state index contributed by atoms with van der Waals surface area (Å²) in [4.78, 5) is 11.8. The maximum absolute atomic E-state index is 12.3. The van der Waals surface area contributed by atoms with Crippen LogP contribution in [0.2, 0.25) is 0 Å². The van der Waals surface area contributed by atoms with E-state index in [-0.39, 0.29) is 11.3 Å². The van der Waals surface area contributed by atoms with Crippen LogP contribution in [0.25, 0.3) is 0 Å². The highest BCUT2D eigenvalue weighted by Crippen LogP contribution is 2.33. The molecule has 1 aromatic heterocycles. The van der Waals surface area contributed by atoms with Gasteiger partial charge in [-0.2, -0.15) is 0 Å². The van der Waals surface area contributed by atoms with Crippen LogP contribution in [-0.2, 0) is 0 Å². The molecule has 0 saturated carbocycles. The van der Waals surface area contributed by atoms with Gasteiger partial charge in [0.25, 0.3) is 5.91 Å². The molecule has 0 radical (unpaired) electrons. The van der Waals surface area contributed by atoms with Crippen LogP contribution in [0.4, 0.5) is 32.0 Å². The molecule has 0 spiro atoms. The summed E-state index contributed by atoms with van der Waals surface area (Å²) in [6, 6.07) is 3.13. The normalized spacial score (nSPS) is 11.6. The van der Waals surface area contributed by atoms with Crippen molar-refractivity contribution >= 4 is 28.9 Å². The maximum atomic E-state index is 12.3. The van der Waals surface area contributed by atoms with Gasteiger partial charge in [-0.15, -0.1) is 26.3 Å². The molecule has 0 aliphatic rings. The van der Waals surface area contributed by atoms with Crippen LogP contribution in [0.5, 0.6) is 11.5 Å². The SMILES string of the molecule is O=C(NC(=S)Nc1cc(OC(F)(F)F)cc(OC(F)(F)F)c1)c1ccoc1. The largest absolute Gasteiger partial charge is 0.573 e. The minimum absolute atomic E-state index is 0.0920. The van der Waals surface area contributed by atoms with Crippen molar-refractivity contribution in [1.29, 1.82) is 0 Å². The summed E-state index contributed by atoms with van der Waals surface area (Å²) >= 11 is 4.79. The number of furan rings is 1.